The number of nitriles is 1. The van der Waals surface area contributed by atoms with E-state index < -0.39 is 0 Å². The van der Waals surface area contributed by atoms with Crippen LogP contribution in [0.5, 0.6) is 0 Å². The molecule has 0 N–H and O–H groups in total. The highest BCUT2D eigenvalue weighted by molar-refractivity contribution is 6.46. The Bertz CT molecular complexity index is 677. The third-order valence-electron chi connectivity index (χ3n) is 2.49. The van der Waals surface area contributed by atoms with Crippen LogP contribution in [0.2, 0.25) is 20.2 Å². The van der Waals surface area contributed by atoms with Gasteiger partial charge < -0.3 is 0 Å². The zero-order valence-corrected chi connectivity index (χ0v) is 12.4. The first-order chi connectivity index (χ1) is 9.04. The highest BCUT2D eigenvalue weighted by atomic mass is 35.5. The maximum absolute atomic E-state index is 8.72. The molecule has 0 amide bonds. The third-order valence-corrected chi connectivity index (χ3v) is 3.91. The molecule has 0 bridgehead atoms. The van der Waals surface area contributed by atoms with Crippen LogP contribution in [-0.4, -0.2) is 4.98 Å². The van der Waals surface area contributed by atoms with E-state index in [1.807, 2.05) is 6.07 Å². The predicted molar refractivity (Wildman–Crippen MR) is 79.0 cm³/mol. The number of nitrogens with zero attached hydrogens (tertiary/aromatic N) is 2. The van der Waals surface area contributed by atoms with Crippen molar-refractivity contribution in [2.24, 2.45) is 0 Å². The van der Waals surface area contributed by atoms with Gasteiger partial charge in [-0.05, 0) is 23.8 Å². The summed E-state index contributed by atoms with van der Waals surface area (Å²) in [7, 11) is 0. The van der Waals surface area contributed by atoms with Crippen LogP contribution in [0.4, 0.5) is 0 Å². The van der Waals surface area contributed by atoms with E-state index >= 15 is 0 Å². The van der Waals surface area contributed by atoms with E-state index in [0.29, 0.717) is 26.2 Å². The molecule has 0 aliphatic carbocycles. The molecule has 0 aliphatic heterocycles. The Morgan fingerprint density at radius 3 is 2.47 bits per heavy atom. The Morgan fingerprint density at radius 1 is 1.11 bits per heavy atom. The lowest BCUT2D eigenvalue weighted by Gasteiger charge is -2.11. The zero-order chi connectivity index (χ0) is 14.0. The predicted octanol–water partition coefficient (Wildman–Crippen LogP) is 5.43. The fourth-order valence-corrected chi connectivity index (χ4v) is 2.56. The number of benzene rings is 1. The number of pyridine rings is 1. The first kappa shape index (κ1) is 14.4. The number of hydrogen-bond donors (Lipinski definition) is 0. The van der Waals surface area contributed by atoms with Gasteiger partial charge in [-0.1, -0.05) is 46.4 Å². The molecule has 1 aromatic carbocycles. The molecular weight excluding hydrogens is 326 g/mol. The van der Waals surface area contributed by atoms with Crippen LogP contribution in [0.25, 0.3) is 11.1 Å². The third kappa shape index (κ3) is 2.96. The fraction of sp³-hybridized carbons (Fsp3) is 0.0769. The van der Waals surface area contributed by atoms with Crippen molar-refractivity contribution in [3.63, 3.8) is 0 Å². The van der Waals surface area contributed by atoms with Crippen molar-refractivity contribution in [3.05, 3.63) is 50.2 Å². The first-order valence-electron chi connectivity index (χ1n) is 5.20. The average Bonchev–Trinajstić information content (AvgIpc) is 2.38. The molecule has 0 spiro atoms. The van der Waals surface area contributed by atoms with Crippen LogP contribution < -0.4 is 0 Å². The van der Waals surface area contributed by atoms with Gasteiger partial charge >= 0.3 is 0 Å². The summed E-state index contributed by atoms with van der Waals surface area (Å²) in [6.07, 6.45) is 1.77. The topological polar surface area (TPSA) is 36.7 Å². The Kier molecular flexibility index (Phi) is 4.54. The molecule has 2 nitrogen and oxygen atoms in total. The lowest BCUT2D eigenvalue weighted by atomic mass is 10.0. The minimum Gasteiger partial charge on any atom is -0.244 e. The first-order valence-corrected chi connectivity index (χ1v) is 6.71. The second-order valence-electron chi connectivity index (χ2n) is 3.74. The minimum absolute atomic E-state index is 0.229. The van der Waals surface area contributed by atoms with Gasteiger partial charge in [-0.15, -0.1) is 0 Å². The molecule has 0 radical (unpaired) electrons. The molecule has 19 heavy (non-hydrogen) atoms. The highest BCUT2D eigenvalue weighted by Crippen LogP contribution is 2.41. The summed E-state index contributed by atoms with van der Waals surface area (Å²) < 4.78 is 0. The maximum Gasteiger partial charge on any atom is 0.136 e. The summed E-state index contributed by atoms with van der Waals surface area (Å²) in [6.45, 7) is 0. The molecule has 0 saturated heterocycles. The summed E-state index contributed by atoms with van der Waals surface area (Å²) >= 11 is 24.4. The highest BCUT2D eigenvalue weighted by Gasteiger charge is 2.16. The molecule has 6 heteroatoms. The van der Waals surface area contributed by atoms with E-state index in [4.69, 9.17) is 51.7 Å². The van der Waals surface area contributed by atoms with Gasteiger partial charge in [0.25, 0.3) is 0 Å². The number of rotatable bonds is 2. The van der Waals surface area contributed by atoms with Crippen molar-refractivity contribution in [1.82, 2.24) is 4.98 Å². The van der Waals surface area contributed by atoms with Gasteiger partial charge in [0.15, 0.2) is 0 Å². The van der Waals surface area contributed by atoms with Crippen molar-refractivity contribution in [3.8, 4) is 17.2 Å². The smallest absolute Gasteiger partial charge is 0.136 e. The fourth-order valence-electron chi connectivity index (χ4n) is 1.63. The number of aromatic nitrogens is 1. The molecule has 0 unspecified atom stereocenters. The van der Waals surface area contributed by atoms with Gasteiger partial charge in [-0.2, -0.15) is 5.26 Å². The molecule has 1 heterocycles. The minimum atomic E-state index is 0.229. The van der Waals surface area contributed by atoms with Crippen molar-refractivity contribution in [1.29, 1.82) is 5.26 Å². The van der Waals surface area contributed by atoms with Crippen LogP contribution in [0.15, 0.2) is 24.4 Å². The lowest BCUT2D eigenvalue weighted by Crippen LogP contribution is -1.91. The van der Waals surface area contributed by atoms with E-state index in [2.05, 4.69) is 4.98 Å². The Labute approximate surface area is 130 Å². The Morgan fingerprint density at radius 2 is 1.79 bits per heavy atom. The molecular formula is C13H6Cl4N2. The van der Waals surface area contributed by atoms with Gasteiger partial charge in [-0.25, -0.2) is 4.98 Å². The molecule has 0 fully saturated rings. The van der Waals surface area contributed by atoms with Gasteiger partial charge in [0, 0.05) is 17.3 Å². The second kappa shape index (κ2) is 5.98. The van der Waals surface area contributed by atoms with Gasteiger partial charge in [0.1, 0.15) is 5.15 Å². The van der Waals surface area contributed by atoms with E-state index in [0.717, 1.165) is 5.56 Å². The lowest BCUT2D eigenvalue weighted by molar-refractivity contribution is 1.19. The summed E-state index contributed by atoms with van der Waals surface area (Å²) in [4.78, 5) is 4.04. The van der Waals surface area contributed by atoms with Gasteiger partial charge in [-0.3, -0.25) is 0 Å². The Hall–Kier alpha value is -0.980. The average molecular weight is 332 g/mol. The van der Waals surface area contributed by atoms with Crippen molar-refractivity contribution >= 4 is 46.4 Å². The van der Waals surface area contributed by atoms with Crippen LogP contribution in [0, 0.1) is 11.3 Å². The standard InChI is InChI=1S/C13H6Cl4N2/c14-9-1-2-10(15)12(16)11(9)8-5-7(3-4-18)6-19-13(8)17/h1-2,5-6H,3H2. The summed E-state index contributed by atoms with van der Waals surface area (Å²) in [5.74, 6) is 0. The monoisotopic (exact) mass is 330 g/mol. The summed E-state index contributed by atoms with van der Waals surface area (Å²) in [5, 5.41) is 10.1. The van der Waals surface area contributed by atoms with E-state index in [1.54, 1.807) is 24.4 Å². The molecule has 1 aromatic heterocycles. The van der Waals surface area contributed by atoms with E-state index in [1.165, 1.54) is 0 Å². The molecule has 0 saturated carbocycles. The molecule has 2 aromatic rings. The number of halogens is 4. The largest absolute Gasteiger partial charge is 0.244 e. The van der Waals surface area contributed by atoms with Crippen LogP contribution in [-0.2, 0) is 6.42 Å². The SMILES string of the molecule is N#CCc1cnc(Cl)c(-c2c(Cl)ccc(Cl)c2Cl)c1. The Balaban J connectivity index is 2.68. The molecule has 2 rings (SSSR count). The van der Waals surface area contributed by atoms with E-state index in [-0.39, 0.29) is 11.6 Å². The summed E-state index contributed by atoms with van der Waals surface area (Å²) in [6, 6.07) is 7.03. The van der Waals surface area contributed by atoms with Crippen molar-refractivity contribution in [2.45, 2.75) is 6.42 Å². The normalized spacial score (nSPS) is 10.3. The van der Waals surface area contributed by atoms with Gasteiger partial charge in [0.05, 0.1) is 27.6 Å². The van der Waals surface area contributed by atoms with Crippen LogP contribution in [0.1, 0.15) is 5.56 Å². The quantitative estimate of drug-likeness (QED) is 0.543. The van der Waals surface area contributed by atoms with Crippen molar-refractivity contribution < 1.29 is 0 Å². The summed E-state index contributed by atoms with van der Waals surface area (Å²) in [5.41, 5.74) is 1.81. The number of hydrogen-bond acceptors (Lipinski definition) is 2. The van der Waals surface area contributed by atoms with E-state index in [9.17, 15) is 0 Å². The van der Waals surface area contributed by atoms with Crippen LogP contribution in [0.3, 0.4) is 0 Å². The molecule has 0 aliphatic rings. The maximum atomic E-state index is 8.72. The second-order valence-corrected chi connectivity index (χ2v) is 5.29. The van der Waals surface area contributed by atoms with Crippen LogP contribution >= 0.6 is 46.4 Å². The van der Waals surface area contributed by atoms with Gasteiger partial charge in [0.2, 0.25) is 0 Å². The zero-order valence-electron chi connectivity index (χ0n) is 9.42. The van der Waals surface area contributed by atoms with Crippen molar-refractivity contribution in [2.75, 3.05) is 0 Å². The molecule has 0 atom stereocenters. The molecule has 96 valence electrons.